The quantitative estimate of drug-likeness (QED) is 0.778. The summed E-state index contributed by atoms with van der Waals surface area (Å²) in [5.41, 5.74) is -0.888. The molecule has 1 aliphatic rings. The first-order chi connectivity index (χ1) is 12.0. The highest BCUT2D eigenvalue weighted by molar-refractivity contribution is 7.89. The number of carbonyl (C=O) groups excluding carboxylic acids is 1. The largest absolute Gasteiger partial charge is 0.416 e. The van der Waals surface area contributed by atoms with E-state index in [9.17, 15) is 26.4 Å². The second-order valence-electron chi connectivity index (χ2n) is 6.34. The van der Waals surface area contributed by atoms with Crippen molar-refractivity contribution in [3.8, 4) is 0 Å². The summed E-state index contributed by atoms with van der Waals surface area (Å²) >= 11 is 0. The molecule has 0 N–H and O–H groups in total. The summed E-state index contributed by atoms with van der Waals surface area (Å²) in [5.74, 6) is -0.0657. The third-order valence-electron chi connectivity index (χ3n) is 4.22. The van der Waals surface area contributed by atoms with Gasteiger partial charge in [0, 0.05) is 33.7 Å². The van der Waals surface area contributed by atoms with Crippen molar-refractivity contribution in [1.82, 2.24) is 14.1 Å². The Bertz CT molecular complexity index is 733. The molecule has 6 nitrogen and oxygen atoms in total. The summed E-state index contributed by atoms with van der Waals surface area (Å²) in [6, 6.07) is 3.51. The van der Waals surface area contributed by atoms with Crippen LogP contribution in [0.15, 0.2) is 29.2 Å². The molecule has 1 aromatic carbocycles. The van der Waals surface area contributed by atoms with Gasteiger partial charge in [0.05, 0.1) is 17.0 Å². The Kier molecular flexibility index (Phi) is 6.30. The first-order valence-electron chi connectivity index (χ1n) is 8.12. The van der Waals surface area contributed by atoms with Crippen molar-refractivity contribution in [3.05, 3.63) is 29.8 Å². The molecule has 10 heteroatoms. The Labute approximate surface area is 151 Å². The Morgan fingerprint density at radius 1 is 1.08 bits per heavy atom. The normalized spacial score (nSPS) is 17.7. The third kappa shape index (κ3) is 4.95. The average Bonchev–Trinajstić information content (AvgIpc) is 2.80. The Morgan fingerprint density at radius 3 is 2.23 bits per heavy atom. The molecule has 1 aliphatic heterocycles. The fourth-order valence-electron chi connectivity index (χ4n) is 2.64. The van der Waals surface area contributed by atoms with Gasteiger partial charge in [0.2, 0.25) is 15.9 Å². The summed E-state index contributed by atoms with van der Waals surface area (Å²) in [5, 5.41) is 0. The maximum Gasteiger partial charge on any atom is 0.416 e. The summed E-state index contributed by atoms with van der Waals surface area (Å²) in [6.45, 7) is 1.62. The molecule has 1 amide bonds. The van der Waals surface area contributed by atoms with Gasteiger partial charge in [-0.05, 0) is 37.2 Å². The van der Waals surface area contributed by atoms with E-state index in [1.54, 1.807) is 14.1 Å². The van der Waals surface area contributed by atoms with Gasteiger partial charge in [0.25, 0.3) is 0 Å². The molecule has 0 radical (unpaired) electrons. The molecule has 1 heterocycles. The monoisotopic (exact) mass is 393 g/mol. The number of hydrogen-bond donors (Lipinski definition) is 0. The minimum atomic E-state index is -4.51. The molecule has 0 spiro atoms. The molecule has 26 heavy (non-hydrogen) atoms. The number of nitrogens with zero attached hydrogens (tertiary/aromatic N) is 3. The van der Waals surface area contributed by atoms with Gasteiger partial charge in [-0.15, -0.1) is 0 Å². The van der Waals surface area contributed by atoms with Crippen molar-refractivity contribution < 1.29 is 26.4 Å². The second kappa shape index (κ2) is 7.93. The van der Waals surface area contributed by atoms with E-state index in [1.807, 2.05) is 4.90 Å². The topological polar surface area (TPSA) is 60.9 Å². The highest BCUT2D eigenvalue weighted by Gasteiger charge is 2.32. The van der Waals surface area contributed by atoms with Crippen molar-refractivity contribution in [2.75, 3.05) is 46.8 Å². The van der Waals surface area contributed by atoms with E-state index >= 15 is 0 Å². The van der Waals surface area contributed by atoms with Gasteiger partial charge >= 0.3 is 6.18 Å². The van der Waals surface area contributed by atoms with Crippen LogP contribution in [0.25, 0.3) is 0 Å². The lowest BCUT2D eigenvalue weighted by Gasteiger charge is -2.22. The summed E-state index contributed by atoms with van der Waals surface area (Å²) in [4.78, 5) is 15.0. The van der Waals surface area contributed by atoms with E-state index in [0.717, 1.165) is 24.3 Å². The number of alkyl halides is 3. The SMILES string of the molecule is CN(C)C(=O)CN1CCCN(S(=O)(=O)c2ccc(C(F)(F)F)cc2)CC1. The fraction of sp³-hybridized carbons (Fsp3) is 0.562. The van der Waals surface area contributed by atoms with Gasteiger partial charge < -0.3 is 4.90 Å². The molecular weight excluding hydrogens is 371 g/mol. The van der Waals surface area contributed by atoms with Crippen LogP contribution in [0, 0.1) is 0 Å². The number of hydrogen-bond acceptors (Lipinski definition) is 4. The van der Waals surface area contributed by atoms with Crippen molar-refractivity contribution in [2.24, 2.45) is 0 Å². The molecule has 1 fully saturated rings. The first-order valence-corrected chi connectivity index (χ1v) is 9.56. The number of rotatable bonds is 4. The average molecular weight is 393 g/mol. The van der Waals surface area contributed by atoms with Crippen LogP contribution >= 0.6 is 0 Å². The zero-order chi connectivity index (χ0) is 19.5. The van der Waals surface area contributed by atoms with Crippen LogP contribution in [-0.2, 0) is 21.0 Å². The number of sulfonamides is 1. The van der Waals surface area contributed by atoms with E-state index in [-0.39, 0.29) is 30.4 Å². The minimum Gasteiger partial charge on any atom is -0.348 e. The molecule has 0 bridgehead atoms. The molecule has 0 aliphatic carbocycles. The predicted octanol–water partition coefficient (Wildman–Crippen LogP) is 1.49. The molecule has 146 valence electrons. The molecule has 0 aromatic heterocycles. The van der Waals surface area contributed by atoms with E-state index < -0.39 is 21.8 Å². The maximum atomic E-state index is 12.7. The van der Waals surface area contributed by atoms with Crippen molar-refractivity contribution >= 4 is 15.9 Å². The molecule has 0 saturated carbocycles. The van der Waals surface area contributed by atoms with Crippen LogP contribution in [-0.4, -0.2) is 75.2 Å². The number of amides is 1. The zero-order valence-electron chi connectivity index (χ0n) is 14.7. The molecule has 1 saturated heterocycles. The van der Waals surface area contributed by atoms with Gasteiger partial charge in [0.1, 0.15) is 0 Å². The molecule has 1 aromatic rings. The lowest BCUT2D eigenvalue weighted by molar-refractivity contribution is -0.137. The third-order valence-corrected chi connectivity index (χ3v) is 6.14. The van der Waals surface area contributed by atoms with Crippen LogP contribution in [0.5, 0.6) is 0 Å². The number of carbonyl (C=O) groups is 1. The lowest BCUT2D eigenvalue weighted by Crippen LogP contribution is -2.39. The molecule has 2 rings (SSSR count). The van der Waals surface area contributed by atoms with Gasteiger partial charge in [-0.2, -0.15) is 17.5 Å². The summed E-state index contributed by atoms with van der Waals surface area (Å²) in [7, 11) is -0.563. The van der Waals surface area contributed by atoms with Crippen molar-refractivity contribution in [3.63, 3.8) is 0 Å². The number of halogens is 3. The predicted molar refractivity (Wildman–Crippen MR) is 90.0 cm³/mol. The summed E-state index contributed by atoms with van der Waals surface area (Å²) in [6.07, 6.45) is -3.97. The second-order valence-corrected chi connectivity index (χ2v) is 8.28. The van der Waals surface area contributed by atoms with Crippen LogP contribution in [0.4, 0.5) is 13.2 Å². The highest BCUT2D eigenvalue weighted by Crippen LogP contribution is 2.30. The van der Waals surface area contributed by atoms with Gasteiger partial charge in [-0.3, -0.25) is 9.69 Å². The number of benzene rings is 1. The first kappa shape index (κ1) is 20.7. The number of likely N-dealkylation sites (N-methyl/N-ethyl adjacent to an activating group) is 1. The lowest BCUT2D eigenvalue weighted by atomic mass is 10.2. The minimum absolute atomic E-state index is 0.0657. The smallest absolute Gasteiger partial charge is 0.348 e. The van der Waals surface area contributed by atoms with Gasteiger partial charge in [0.15, 0.2) is 0 Å². The van der Waals surface area contributed by atoms with E-state index in [2.05, 4.69) is 0 Å². The van der Waals surface area contributed by atoms with E-state index in [1.165, 1.54) is 9.21 Å². The maximum absolute atomic E-state index is 12.7. The Balaban J connectivity index is 2.08. The van der Waals surface area contributed by atoms with Gasteiger partial charge in [-0.1, -0.05) is 0 Å². The standard InChI is InChI=1S/C16H22F3N3O3S/c1-20(2)15(23)12-21-8-3-9-22(11-10-21)26(24,25)14-6-4-13(5-7-14)16(17,18)19/h4-7H,3,8-12H2,1-2H3. The zero-order valence-corrected chi connectivity index (χ0v) is 15.5. The van der Waals surface area contributed by atoms with Crippen LogP contribution in [0.3, 0.4) is 0 Å². The fourth-order valence-corrected chi connectivity index (χ4v) is 4.11. The van der Waals surface area contributed by atoms with Crippen LogP contribution < -0.4 is 0 Å². The van der Waals surface area contributed by atoms with Crippen LogP contribution in [0.1, 0.15) is 12.0 Å². The van der Waals surface area contributed by atoms with Crippen LogP contribution in [0.2, 0.25) is 0 Å². The van der Waals surface area contributed by atoms with E-state index in [0.29, 0.717) is 19.5 Å². The Morgan fingerprint density at radius 2 is 1.69 bits per heavy atom. The molecule has 0 unspecified atom stereocenters. The molecule has 0 atom stereocenters. The van der Waals surface area contributed by atoms with Gasteiger partial charge in [-0.25, -0.2) is 8.42 Å². The van der Waals surface area contributed by atoms with Crippen molar-refractivity contribution in [1.29, 1.82) is 0 Å². The van der Waals surface area contributed by atoms with E-state index in [4.69, 9.17) is 0 Å². The molecular formula is C16H22F3N3O3S. The Hall–Kier alpha value is -1.65. The highest BCUT2D eigenvalue weighted by atomic mass is 32.2. The summed E-state index contributed by atoms with van der Waals surface area (Å²) < 4.78 is 64.5. The van der Waals surface area contributed by atoms with Crippen molar-refractivity contribution in [2.45, 2.75) is 17.5 Å².